The van der Waals surface area contributed by atoms with Gasteiger partial charge in [0, 0.05) is 6.92 Å². The molecule has 0 aliphatic heterocycles. The zero-order valence-corrected chi connectivity index (χ0v) is 15.7. The number of hydrogen-bond donors (Lipinski definition) is 2. The Hall–Kier alpha value is -2.60. The van der Waals surface area contributed by atoms with E-state index in [4.69, 9.17) is 9.57 Å². The van der Waals surface area contributed by atoms with Crippen molar-refractivity contribution in [1.29, 1.82) is 0 Å². The Morgan fingerprint density at radius 1 is 1.46 bits per heavy atom. The number of ether oxygens (including phenoxy) is 1. The van der Waals surface area contributed by atoms with Crippen molar-refractivity contribution >= 4 is 11.7 Å². The van der Waals surface area contributed by atoms with Crippen molar-refractivity contribution in [2.24, 2.45) is 5.92 Å². The van der Waals surface area contributed by atoms with Crippen molar-refractivity contribution in [3.05, 3.63) is 60.6 Å². The first kappa shape index (κ1) is 19.7. The number of urea groups is 1. The molecule has 2 rings (SSSR count). The highest BCUT2D eigenvalue weighted by Gasteiger charge is 2.29. The number of hydroxylamine groups is 1. The van der Waals surface area contributed by atoms with Gasteiger partial charge in [0.1, 0.15) is 7.11 Å². The van der Waals surface area contributed by atoms with Gasteiger partial charge in [0.2, 0.25) is 0 Å². The molecule has 0 aromatic rings. The first-order valence-electron chi connectivity index (χ1n) is 8.70. The van der Waals surface area contributed by atoms with E-state index in [9.17, 15) is 4.79 Å². The second kappa shape index (κ2) is 9.20. The van der Waals surface area contributed by atoms with Gasteiger partial charge in [0.25, 0.3) is 0 Å². The summed E-state index contributed by atoms with van der Waals surface area (Å²) in [7, 11) is 3.30. The number of hydrogen-bond acceptors (Lipinski definition) is 4. The van der Waals surface area contributed by atoms with E-state index in [0.717, 1.165) is 5.57 Å². The third-order valence-electron chi connectivity index (χ3n) is 4.20. The SMILES string of the molecule is C=C/C=C\C(C)=[N+](\OC)C(=O)NC1=CC(=C)C(NC)C=C1OCC1CC1. The van der Waals surface area contributed by atoms with Crippen molar-refractivity contribution in [2.75, 3.05) is 20.8 Å². The lowest BCUT2D eigenvalue weighted by Gasteiger charge is -2.21. The molecule has 26 heavy (non-hydrogen) atoms. The fourth-order valence-electron chi connectivity index (χ4n) is 2.51. The lowest BCUT2D eigenvalue weighted by atomic mass is 10.0. The molecule has 1 atom stereocenters. The number of amides is 2. The van der Waals surface area contributed by atoms with Crippen LogP contribution in [0.4, 0.5) is 4.79 Å². The van der Waals surface area contributed by atoms with E-state index in [2.05, 4.69) is 23.8 Å². The van der Waals surface area contributed by atoms with Gasteiger partial charge in [0.05, 0.1) is 12.6 Å². The normalized spacial score (nSPS) is 20.9. The van der Waals surface area contributed by atoms with Crippen LogP contribution in [0, 0.1) is 5.92 Å². The van der Waals surface area contributed by atoms with E-state index in [1.54, 1.807) is 25.2 Å². The number of carbonyl (C=O) groups excluding carboxylic acids is 1. The molecule has 0 spiro atoms. The summed E-state index contributed by atoms with van der Waals surface area (Å²) in [5, 5.41) is 6.02. The molecular weight excluding hydrogens is 330 g/mol. The quantitative estimate of drug-likeness (QED) is 0.303. The van der Waals surface area contributed by atoms with E-state index in [0.29, 0.717) is 29.7 Å². The Morgan fingerprint density at radius 3 is 2.77 bits per heavy atom. The first-order chi connectivity index (χ1) is 12.5. The lowest BCUT2D eigenvalue weighted by Crippen LogP contribution is -2.37. The Kier molecular flexibility index (Phi) is 6.97. The Balaban J connectivity index is 2.18. The van der Waals surface area contributed by atoms with Crippen molar-refractivity contribution in [2.45, 2.75) is 25.8 Å². The maximum atomic E-state index is 12.6. The number of carbonyl (C=O) groups is 1. The lowest BCUT2D eigenvalue weighted by molar-refractivity contribution is -0.706. The van der Waals surface area contributed by atoms with Crippen molar-refractivity contribution in [3.63, 3.8) is 0 Å². The molecule has 0 bridgehead atoms. The number of nitrogens with one attached hydrogen (secondary N) is 2. The van der Waals surface area contributed by atoms with E-state index in [-0.39, 0.29) is 6.04 Å². The minimum absolute atomic E-state index is 0.0211. The van der Waals surface area contributed by atoms with Crippen LogP contribution < -0.4 is 10.6 Å². The second-order valence-electron chi connectivity index (χ2n) is 6.33. The van der Waals surface area contributed by atoms with Gasteiger partial charge in [-0.15, -0.1) is 0 Å². The van der Waals surface area contributed by atoms with Crippen LogP contribution in [0.15, 0.2) is 60.6 Å². The predicted molar refractivity (Wildman–Crippen MR) is 103 cm³/mol. The van der Waals surface area contributed by atoms with Crippen molar-refractivity contribution < 1.29 is 19.1 Å². The van der Waals surface area contributed by atoms with Crippen LogP contribution in [0.1, 0.15) is 19.8 Å². The highest BCUT2D eigenvalue weighted by atomic mass is 16.7. The molecule has 0 aromatic heterocycles. The molecule has 2 N–H and O–H groups in total. The monoisotopic (exact) mass is 358 g/mol. The zero-order valence-electron chi connectivity index (χ0n) is 15.7. The summed E-state index contributed by atoms with van der Waals surface area (Å²) >= 11 is 0. The Bertz CT molecular complexity index is 697. The molecule has 6 nitrogen and oxygen atoms in total. The van der Waals surface area contributed by atoms with Crippen LogP contribution in [-0.4, -0.2) is 43.3 Å². The third kappa shape index (κ3) is 5.20. The van der Waals surface area contributed by atoms with Crippen LogP contribution in [-0.2, 0) is 9.57 Å². The summed E-state index contributed by atoms with van der Waals surface area (Å²) in [5.41, 5.74) is 2.05. The molecule has 1 fully saturated rings. The van der Waals surface area contributed by atoms with E-state index in [1.165, 1.54) is 24.7 Å². The van der Waals surface area contributed by atoms with Gasteiger partial charge in [-0.2, -0.15) is 10.1 Å². The molecule has 2 aliphatic rings. The van der Waals surface area contributed by atoms with Gasteiger partial charge in [-0.1, -0.05) is 25.3 Å². The topological polar surface area (TPSA) is 62.6 Å². The summed E-state index contributed by atoms with van der Waals surface area (Å²) in [6, 6.07) is -0.436. The van der Waals surface area contributed by atoms with E-state index >= 15 is 0 Å². The van der Waals surface area contributed by atoms with Gasteiger partial charge in [-0.25, -0.2) is 0 Å². The summed E-state index contributed by atoms with van der Waals surface area (Å²) in [5.74, 6) is 1.26. The van der Waals surface area contributed by atoms with Crippen LogP contribution in [0.3, 0.4) is 0 Å². The number of allylic oxidation sites excluding steroid dienone is 3. The summed E-state index contributed by atoms with van der Waals surface area (Å²) in [4.78, 5) is 17.8. The molecule has 2 amide bonds. The largest absolute Gasteiger partial charge is 0.535 e. The fraction of sp³-hybridized carbons (Fsp3) is 0.400. The van der Waals surface area contributed by atoms with Gasteiger partial charge in [-0.3, -0.25) is 0 Å². The van der Waals surface area contributed by atoms with Crippen molar-refractivity contribution in [1.82, 2.24) is 10.6 Å². The summed E-state index contributed by atoms with van der Waals surface area (Å²) < 4.78 is 7.12. The molecule has 1 saturated carbocycles. The first-order valence-corrected chi connectivity index (χ1v) is 8.70. The highest BCUT2D eigenvalue weighted by molar-refractivity contribution is 5.92. The molecule has 0 radical (unpaired) electrons. The van der Waals surface area contributed by atoms with Crippen molar-refractivity contribution in [3.8, 4) is 0 Å². The number of likely N-dealkylation sites (N-methyl/N-ethyl adjacent to an activating group) is 1. The second-order valence-corrected chi connectivity index (χ2v) is 6.33. The average Bonchev–Trinajstić information content (AvgIpc) is 3.44. The minimum Gasteiger partial charge on any atom is -0.489 e. The van der Waals surface area contributed by atoms with E-state index < -0.39 is 6.03 Å². The van der Waals surface area contributed by atoms with Crippen LogP contribution in [0.25, 0.3) is 0 Å². The maximum Gasteiger partial charge on any atom is 0.535 e. The van der Waals surface area contributed by atoms with Gasteiger partial charge >= 0.3 is 6.03 Å². The molecular formula is C20H28N3O3+. The molecule has 0 saturated heterocycles. The molecule has 2 aliphatic carbocycles. The minimum atomic E-state index is -0.415. The summed E-state index contributed by atoms with van der Waals surface area (Å²) in [6.07, 6.45) is 11.3. The smallest absolute Gasteiger partial charge is 0.489 e. The predicted octanol–water partition coefficient (Wildman–Crippen LogP) is 2.83. The molecule has 0 aromatic carbocycles. The van der Waals surface area contributed by atoms with Crippen LogP contribution >= 0.6 is 0 Å². The molecule has 140 valence electrons. The fourth-order valence-corrected chi connectivity index (χ4v) is 2.51. The van der Waals surface area contributed by atoms with Gasteiger partial charge < -0.3 is 14.9 Å². The Labute approximate surface area is 155 Å². The third-order valence-corrected chi connectivity index (χ3v) is 4.20. The van der Waals surface area contributed by atoms with E-state index in [1.807, 2.05) is 19.2 Å². The molecule has 0 heterocycles. The standard InChI is InChI=1S/C20H27N3O3/c1-6-7-8-15(3)23(25-5)20(24)22-18-11-14(2)17(21-4)12-19(18)26-13-16-9-10-16/h6-8,11-12,16-17,21H,1-2,9-10,13H2,3-5H3/p+1/b8-7-,23-15+. The molecule has 1 unspecified atom stereocenters. The van der Waals surface area contributed by atoms with Crippen LogP contribution in [0.2, 0.25) is 0 Å². The average molecular weight is 358 g/mol. The summed E-state index contributed by atoms with van der Waals surface area (Å²) in [6.45, 7) is 10.1. The van der Waals surface area contributed by atoms with Gasteiger partial charge in [-0.05, 0) is 54.3 Å². The maximum absolute atomic E-state index is 12.6. The Morgan fingerprint density at radius 2 is 2.19 bits per heavy atom. The molecule has 6 heteroatoms. The zero-order chi connectivity index (χ0) is 19.1. The number of rotatable bonds is 8. The van der Waals surface area contributed by atoms with Crippen LogP contribution in [0.5, 0.6) is 0 Å². The highest BCUT2D eigenvalue weighted by Crippen LogP contribution is 2.31. The number of nitrogens with zero attached hydrogens (tertiary/aromatic N) is 1. The van der Waals surface area contributed by atoms with Gasteiger partial charge in [0.15, 0.2) is 17.2 Å².